The third-order valence-corrected chi connectivity index (χ3v) is 10.7. The molecule has 0 fully saturated rings. The lowest BCUT2D eigenvalue weighted by Gasteiger charge is -2.17. The van der Waals surface area contributed by atoms with Gasteiger partial charge in [0.15, 0.2) is 0 Å². The Bertz CT molecular complexity index is 3050. The zero-order valence-corrected chi connectivity index (χ0v) is 31.4. The van der Waals surface area contributed by atoms with Gasteiger partial charge in [0.2, 0.25) is 0 Å². The minimum atomic E-state index is 0.846. The van der Waals surface area contributed by atoms with E-state index in [1.807, 2.05) is 30.3 Å². The standard InChI is InChI=1S/C52H37N5/c1-35-19-15-16-28-43(35)51-54-46(48(40-22-9-4-10-23-40)56(51)36(2)37-20-7-3-8-21-37)38-31-33-39(34-32-38)47-49(41-24-11-5-12-25-41)57-50(42-26-13-6-14-27-42)53-45-30-18-17-29-44(45)52(57)55-47/h3-34H,2H2,1H3. The first kappa shape index (κ1) is 33.9. The summed E-state index contributed by atoms with van der Waals surface area (Å²) in [6.45, 7) is 6.81. The molecule has 3 aromatic heterocycles. The molecule has 7 aromatic carbocycles. The van der Waals surface area contributed by atoms with Crippen LogP contribution in [-0.4, -0.2) is 23.9 Å². The molecule has 0 spiro atoms. The van der Waals surface area contributed by atoms with Crippen LogP contribution in [-0.2, 0) is 0 Å². The minimum absolute atomic E-state index is 0.846. The third kappa shape index (κ3) is 5.94. The Morgan fingerprint density at radius 1 is 0.439 bits per heavy atom. The number of aromatic nitrogens is 5. The summed E-state index contributed by atoms with van der Waals surface area (Å²) in [5, 5.41) is 0.998. The number of hydrogen-bond acceptors (Lipinski definition) is 3. The second kappa shape index (κ2) is 14.2. The van der Waals surface area contributed by atoms with Crippen molar-refractivity contribution in [2.45, 2.75) is 6.92 Å². The number of hydrogen-bond donors (Lipinski definition) is 0. The maximum absolute atomic E-state index is 5.49. The van der Waals surface area contributed by atoms with Crippen molar-refractivity contribution in [3.8, 4) is 67.8 Å². The Labute approximate surface area is 331 Å². The van der Waals surface area contributed by atoms with Crippen molar-refractivity contribution in [2.75, 3.05) is 0 Å². The molecule has 0 amide bonds. The zero-order valence-electron chi connectivity index (χ0n) is 31.4. The molecule has 0 N–H and O–H groups in total. The molecule has 270 valence electrons. The van der Waals surface area contributed by atoms with Crippen molar-refractivity contribution in [2.24, 2.45) is 0 Å². The van der Waals surface area contributed by atoms with E-state index in [0.717, 1.165) is 101 Å². The fraction of sp³-hybridized carbons (Fsp3) is 0.0192. The summed E-state index contributed by atoms with van der Waals surface area (Å²) < 4.78 is 4.46. The predicted octanol–water partition coefficient (Wildman–Crippen LogP) is 12.9. The molecular weight excluding hydrogens is 695 g/mol. The monoisotopic (exact) mass is 731 g/mol. The van der Waals surface area contributed by atoms with Gasteiger partial charge in [0.05, 0.1) is 28.3 Å². The van der Waals surface area contributed by atoms with Gasteiger partial charge in [0, 0.05) is 44.5 Å². The molecule has 0 unspecified atom stereocenters. The first-order valence-electron chi connectivity index (χ1n) is 19.2. The lowest BCUT2D eigenvalue weighted by molar-refractivity contribution is 1.10. The summed E-state index contributed by atoms with van der Waals surface area (Å²) in [5.41, 5.74) is 14.7. The predicted molar refractivity (Wildman–Crippen MR) is 235 cm³/mol. The SMILES string of the molecule is C=C(c1ccccc1)n1c(-c2ccccc2C)nc(-c2ccc(-c3nc4c5ccccc5nc(-c5ccccc5)n4c3-c3ccccc3)cc2)c1-c1ccccc1. The first-order chi connectivity index (χ1) is 28.1. The summed E-state index contributed by atoms with van der Waals surface area (Å²) in [7, 11) is 0. The van der Waals surface area contributed by atoms with Gasteiger partial charge >= 0.3 is 0 Å². The number of benzene rings is 7. The Balaban J connectivity index is 1.21. The van der Waals surface area contributed by atoms with Crippen LogP contribution in [0.3, 0.4) is 0 Å². The molecule has 0 atom stereocenters. The van der Waals surface area contributed by atoms with E-state index in [9.17, 15) is 0 Å². The van der Waals surface area contributed by atoms with Crippen LogP contribution in [0.4, 0.5) is 0 Å². The number of fused-ring (bicyclic) bond motifs is 3. The van der Waals surface area contributed by atoms with Gasteiger partial charge in [-0.1, -0.05) is 189 Å². The molecule has 0 aliphatic heterocycles. The average Bonchev–Trinajstić information content (AvgIpc) is 3.88. The second-order valence-corrected chi connectivity index (χ2v) is 14.2. The van der Waals surface area contributed by atoms with Crippen molar-refractivity contribution in [1.29, 1.82) is 0 Å². The summed E-state index contributed by atoms with van der Waals surface area (Å²) >= 11 is 0. The highest BCUT2D eigenvalue weighted by Crippen LogP contribution is 2.42. The molecule has 0 saturated carbocycles. The number of imidazole rings is 2. The van der Waals surface area contributed by atoms with E-state index in [1.165, 1.54) is 0 Å². The van der Waals surface area contributed by atoms with E-state index in [-0.39, 0.29) is 0 Å². The second-order valence-electron chi connectivity index (χ2n) is 14.2. The van der Waals surface area contributed by atoms with Crippen LogP contribution >= 0.6 is 0 Å². The summed E-state index contributed by atoms with van der Waals surface area (Å²) in [6.07, 6.45) is 0. The first-order valence-corrected chi connectivity index (χ1v) is 19.2. The van der Waals surface area contributed by atoms with Gasteiger partial charge in [-0.3, -0.25) is 8.97 Å². The van der Waals surface area contributed by atoms with Crippen LogP contribution < -0.4 is 0 Å². The molecule has 10 aromatic rings. The molecule has 0 bridgehead atoms. The summed E-state index contributed by atoms with van der Waals surface area (Å²) in [5.74, 6) is 1.69. The molecule has 57 heavy (non-hydrogen) atoms. The molecule has 5 heteroatoms. The van der Waals surface area contributed by atoms with Crippen LogP contribution in [0, 0.1) is 6.92 Å². The molecule has 0 aliphatic rings. The van der Waals surface area contributed by atoms with Crippen molar-refractivity contribution in [3.05, 3.63) is 212 Å². The smallest absolute Gasteiger partial charge is 0.149 e. The van der Waals surface area contributed by atoms with E-state index in [1.54, 1.807) is 0 Å². The Kier molecular flexibility index (Phi) is 8.46. The molecular formula is C52H37N5. The van der Waals surface area contributed by atoms with Crippen LogP contribution in [0.5, 0.6) is 0 Å². The van der Waals surface area contributed by atoms with E-state index in [0.29, 0.717) is 0 Å². The van der Waals surface area contributed by atoms with E-state index < -0.39 is 0 Å². The fourth-order valence-electron chi connectivity index (χ4n) is 7.87. The zero-order chi connectivity index (χ0) is 38.3. The number of nitrogens with zero attached hydrogens (tertiary/aromatic N) is 5. The van der Waals surface area contributed by atoms with Gasteiger partial charge in [0.25, 0.3) is 0 Å². The van der Waals surface area contributed by atoms with Gasteiger partial charge in [0.1, 0.15) is 17.3 Å². The Hall–Kier alpha value is -7.63. The van der Waals surface area contributed by atoms with Gasteiger partial charge in [-0.15, -0.1) is 0 Å². The van der Waals surface area contributed by atoms with Crippen molar-refractivity contribution >= 4 is 22.2 Å². The Morgan fingerprint density at radius 2 is 0.947 bits per heavy atom. The Morgan fingerprint density at radius 3 is 1.58 bits per heavy atom. The molecule has 0 aliphatic carbocycles. The number of para-hydroxylation sites is 1. The lowest BCUT2D eigenvalue weighted by atomic mass is 10.00. The van der Waals surface area contributed by atoms with Crippen LogP contribution in [0.2, 0.25) is 0 Å². The van der Waals surface area contributed by atoms with Crippen LogP contribution in [0.15, 0.2) is 201 Å². The molecule has 3 heterocycles. The molecule has 0 saturated heterocycles. The molecule has 10 rings (SSSR count). The normalized spacial score (nSPS) is 11.3. The quantitative estimate of drug-likeness (QED) is 0.156. The highest BCUT2D eigenvalue weighted by Gasteiger charge is 2.26. The van der Waals surface area contributed by atoms with Gasteiger partial charge in [-0.2, -0.15) is 0 Å². The number of rotatable bonds is 8. The van der Waals surface area contributed by atoms with E-state index in [2.05, 4.69) is 186 Å². The molecule has 0 radical (unpaired) electrons. The molecule has 5 nitrogen and oxygen atoms in total. The lowest BCUT2D eigenvalue weighted by Crippen LogP contribution is -2.03. The third-order valence-electron chi connectivity index (χ3n) is 10.7. The van der Waals surface area contributed by atoms with E-state index >= 15 is 0 Å². The van der Waals surface area contributed by atoms with Crippen LogP contribution in [0.1, 0.15) is 11.1 Å². The largest absolute Gasteiger partial charge is 0.292 e. The maximum atomic E-state index is 5.49. The highest BCUT2D eigenvalue weighted by atomic mass is 15.1. The van der Waals surface area contributed by atoms with Crippen LogP contribution in [0.25, 0.3) is 90.1 Å². The van der Waals surface area contributed by atoms with Gasteiger partial charge in [-0.05, 0) is 30.2 Å². The van der Waals surface area contributed by atoms with E-state index in [4.69, 9.17) is 15.0 Å². The average molecular weight is 732 g/mol. The highest BCUT2D eigenvalue weighted by molar-refractivity contribution is 5.98. The maximum Gasteiger partial charge on any atom is 0.149 e. The fourth-order valence-corrected chi connectivity index (χ4v) is 7.87. The topological polar surface area (TPSA) is 48.0 Å². The van der Waals surface area contributed by atoms with Crippen molar-refractivity contribution < 1.29 is 0 Å². The van der Waals surface area contributed by atoms with Gasteiger partial charge in [-0.25, -0.2) is 15.0 Å². The minimum Gasteiger partial charge on any atom is -0.292 e. The van der Waals surface area contributed by atoms with Crippen molar-refractivity contribution in [1.82, 2.24) is 23.9 Å². The summed E-state index contributed by atoms with van der Waals surface area (Å²) in [6, 6.07) is 67.1. The van der Waals surface area contributed by atoms with Crippen molar-refractivity contribution in [3.63, 3.8) is 0 Å². The summed E-state index contributed by atoms with van der Waals surface area (Å²) in [4.78, 5) is 16.2. The van der Waals surface area contributed by atoms with Gasteiger partial charge < -0.3 is 0 Å². The number of aryl methyl sites for hydroxylation is 1.